The van der Waals surface area contributed by atoms with Crippen LogP contribution in [-0.4, -0.2) is 81.8 Å². The number of rotatable bonds is 16. The minimum atomic E-state index is -0.142. The van der Waals surface area contributed by atoms with E-state index in [9.17, 15) is 4.79 Å². The molecule has 45 heavy (non-hydrogen) atoms. The van der Waals surface area contributed by atoms with E-state index >= 15 is 0 Å². The van der Waals surface area contributed by atoms with Gasteiger partial charge in [0.25, 0.3) is 0 Å². The Labute approximate surface area is 274 Å². The highest BCUT2D eigenvalue weighted by Crippen LogP contribution is 2.40. The molecule has 0 amide bonds. The molecule has 3 saturated heterocycles. The lowest BCUT2D eigenvalue weighted by atomic mass is 9.89. The average Bonchev–Trinajstić information content (AvgIpc) is 3.61. The van der Waals surface area contributed by atoms with Crippen molar-refractivity contribution < 1.29 is 19.4 Å². The third kappa shape index (κ3) is 7.84. The van der Waals surface area contributed by atoms with E-state index in [1.165, 1.54) is 115 Å². The highest BCUT2D eigenvalue weighted by molar-refractivity contribution is 5.86. The maximum absolute atomic E-state index is 13.5. The number of ether oxygens (including phenoxy) is 1. The van der Waals surface area contributed by atoms with Crippen LogP contribution in [0, 0.1) is 5.92 Å². The van der Waals surface area contributed by atoms with Gasteiger partial charge in [0.15, 0.2) is 5.96 Å². The third-order valence-electron chi connectivity index (χ3n) is 12.2. The number of nitrogens with one attached hydrogen (secondary N) is 2. The van der Waals surface area contributed by atoms with E-state index in [0.29, 0.717) is 24.2 Å². The molecule has 0 unspecified atom stereocenters. The summed E-state index contributed by atoms with van der Waals surface area (Å²) in [6.07, 6.45) is 25.3. The molecule has 0 spiro atoms. The number of hydrogen-bond acceptors (Lipinski definition) is 6. The van der Waals surface area contributed by atoms with E-state index in [2.05, 4.69) is 53.1 Å². The average molecular weight is 627 g/mol. The zero-order chi connectivity index (χ0) is 31.3. The van der Waals surface area contributed by atoms with Crippen LogP contribution >= 0.6 is 0 Å². The standard InChI is InChI=1S/C37H64N6O2/c1-5-6-7-9-13-16-29-24-32-20-21-33-34(27(4)39-37(41-29)43(32)33)35(44)45-26(3)15-12-10-8-11-14-17-28-23-31-19-18-30-22-25(2)38-36(40-28)42(30)31/h25-34H,5-24H2,1-4H3,(H2,38,39,40,41)/p+2/t25-,26-,27-,28+,29-,30+,31-,32+,33+,34+/m1/s1. The van der Waals surface area contributed by atoms with Gasteiger partial charge in [-0.2, -0.15) is 0 Å². The van der Waals surface area contributed by atoms with Gasteiger partial charge in [0.1, 0.15) is 18.1 Å². The number of guanidine groups is 2. The lowest BCUT2D eigenvalue weighted by Crippen LogP contribution is -3.00. The van der Waals surface area contributed by atoms with Crippen LogP contribution in [0.15, 0.2) is 4.99 Å². The first-order valence-corrected chi connectivity index (χ1v) is 19.5. The molecule has 0 saturated carbocycles. The fourth-order valence-electron chi connectivity index (χ4n) is 9.98. The minimum absolute atomic E-state index is 0.0142. The Bertz CT molecular complexity index is 1060. The highest BCUT2D eigenvalue weighted by Gasteiger charge is 2.51. The molecule has 10 atom stereocenters. The van der Waals surface area contributed by atoms with Crippen molar-refractivity contribution in [3.8, 4) is 0 Å². The number of nitrogens with two attached hydrogens (primary N) is 1. The van der Waals surface area contributed by atoms with Crippen LogP contribution in [0.2, 0.25) is 0 Å². The second-order valence-corrected chi connectivity index (χ2v) is 15.9. The van der Waals surface area contributed by atoms with Gasteiger partial charge in [-0.25, -0.2) is 20.2 Å². The van der Waals surface area contributed by atoms with Crippen molar-refractivity contribution in [2.45, 2.75) is 211 Å². The summed E-state index contributed by atoms with van der Waals surface area (Å²) in [6.45, 7) is 8.88. The van der Waals surface area contributed by atoms with Gasteiger partial charge in [-0.1, -0.05) is 58.3 Å². The number of quaternary nitrogens is 1. The number of carbonyl (C=O) groups is 1. The fraction of sp³-hybridized carbons (Fsp3) is 0.919. The Hall–Kier alpha value is -1.83. The van der Waals surface area contributed by atoms with Crippen molar-refractivity contribution in [3.05, 3.63) is 0 Å². The summed E-state index contributed by atoms with van der Waals surface area (Å²) in [7, 11) is 0. The highest BCUT2D eigenvalue weighted by atomic mass is 16.5. The van der Waals surface area contributed by atoms with E-state index in [-0.39, 0.29) is 30.1 Å². The van der Waals surface area contributed by atoms with Gasteiger partial charge in [0, 0.05) is 31.0 Å². The molecule has 4 N–H and O–H groups in total. The van der Waals surface area contributed by atoms with Crippen LogP contribution < -0.4 is 16.0 Å². The smallest absolute Gasteiger partial charge is 0.441 e. The molecule has 0 aromatic carbocycles. The van der Waals surface area contributed by atoms with Crippen LogP contribution in [0.4, 0.5) is 0 Å². The molecule has 6 heterocycles. The Morgan fingerprint density at radius 2 is 1.60 bits per heavy atom. The van der Waals surface area contributed by atoms with Crippen LogP contribution in [0.25, 0.3) is 0 Å². The van der Waals surface area contributed by atoms with E-state index in [1.54, 1.807) is 0 Å². The monoisotopic (exact) mass is 627 g/mol. The molecule has 0 bridgehead atoms. The van der Waals surface area contributed by atoms with E-state index in [0.717, 1.165) is 37.3 Å². The largest absolute Gasteiger partial charge is 0.462 e. The van der Waals surface area contributed by atoms with Crippen molar-refractivity contribution >= 4 is 17.9 Å². The van der Waals surface area contributed by atoms with Crippen molar-refractivity contribution in [2.24, 2.45) is 10.9 Å². The molecule has 0 aromatic rings. The predicted molar refractivity (Wildman–Crippen MR) is 181 cm³/mol. The van der Waals surface area contributed by atoms with Crippen LogP contribution in [0.1, 0.15) is 156 Å². The maximum atomic E-state index is 13.5. The normalized spacial score (nSPS) is 35.7. The Morgan fingerprint density at radius 1 is 0.911 bits per heavy atom. The molecular weight excluding hydrogens is 560 g/mol. The zero-order valence-corrected chi connectivity index (χ0v) is 29.2. The van der Waals surface area contributed by atoms with Gasteiger partial charge >= 0.3 is 11.9 Å². The van der Waals surface area contributed by atoms with Crippen LogP contribution in [0.3, 0.4) is 0 Å². The number of esters is 1. The van der Waals surface area contributed by atoms with E-state index in [4.69, 9.17) is 9.73 Å². The lowest BCUT2D eigenvalue weighted by molar-refractivity contribution is -0.714. The topological polar surface area (TPSA) is 85.6 Å². The number of nitrogens with zero attached hydrogens (tertiary/aromatic N) is 3. The van der Waals surface area contributed by atoms with Crippen molar-refractivity contribution in [1.29, 1.82) is 0 Å². The third-order valence-corrected chi connectivity index (χ3v) is 12.2. The van der Waals surface area contributed by atoms with Gasteiger partial charge in [0.2, 0.25) is 0 Å². The van der Waals surface area contributed by atoms with Crippen molar-refractivity contribution in [3.63, 3.8) is 0 Å². The van der Waals surface area contributed by atoms with Crippen LogP contribution in [-0.2, 0) is 9.53 Å². The fourth-order valence-corrected chi connectivity index (χ4v) is 9.98. The molecule has 8 nitrogen and oxygen atoms in total. The number of aliphatic imine (C=N–C) groups is 1. The Balaban J connectivity index is 0.868. The Morgan fingerprint density at radius 3 is 2.38 bits per heavy atom. The maximum Gasteiger partial charge on any atom is 0.441 e. The lowest BCUT2D eigenvalue weighted by Gasteiger charge is -2.47. The minimum Gasteiger partial charge on any atom is -0.462 e. The van der Waals surface area contributed by atoms with Crippen molar-refractivity contribution in [1.82, 2.24) is 15.5 Å². The first kappa shape index (κ1) is 33.1. The first-order chi connectivity index (χ1) is 21.9. The first-order valence-electron chi connectivity index (χ1n) is 19.5. The molecule has 8 heteroatoms. The quantitative estimate of drug-likeness (QED) is 0.125. The van der Waals surface area contributed by atoms with Gasteiger partial charge in [-0.3, -0.25) is 4.79 Å². The molecule has 254 valence electrons. The van der Waals surface area contributed by atoms with Gasteiger partial charge in [-0.15, -0.1) is 0 Å². The van der Waals surface area contributed by atoms with Crippen molar-refractivity contribution in [2.75, 3.05) is 0 Å². The number of hydrogen-bond donors (Lipinski definition) is 3. The van der Waals surface area contributed by atoms with E-state index in [1.807, 2.05) is 0 Å². The molecule has 0 aromatic heterocycles. The second kappa shape index (κ2) is 15.4. The molecule has 6 rings (SSSR count). The van der Waals surface area contributed by atoms with Crippen LogP contribution in [0.5, 0.6) is 0 Å². The van der Waals surface area contributed by atoms with Gasteiger partial charge in [-0.05, 0) is 85.0 Å². The number of unbranched alkanes of at least 4 members (excludes halogenated alkanes) is 8. The predicted octanol–water partition coefficient (Wildman–Crippen LogP) is 5.20. The summed E-state index contributed by atoms with van der Waals surface area (Å²) in [5.41, 5.74) is 0. The number of carbonyl (C=O) groups excluding carboxylic acids is 1. The second-order valence-electron chi connectivity index (χ2n) is 15.9. The summed E-state index contributed by atoms with van der Waals surface area (Å²) in [5, 5.41) is 10.2. The summed E-state index contributed by atoms with van der Waals surface area (Å²) in [5.74, 6) is 2.35. The molecule has 0 aliphatic carbocycles. The molecular formula is C37H66N6O2+2. The summed E-state index contributed by atoms with van der Waals surface area (Å²) >= 11 is 0. The Kier molecular flexibility index (Phi) is 11.3. The summed E-state index contributed by atoms with van der Waals surface area (Å²) in [6, 6.07) is 4.22. The summed E-state index contributed by atoms with van der Waals surface area (Å²) in [4.78, 5) is 21.0. The molecule has 6 aliphatic heterocycles. The molecule has 0 radical (unpaired) electrons. The summed E-state index contributed by atoms with van der Waals surface area (Å²) < 4.78 is 8.83. The van der Waals surface area contributed by atoms with Gasteiger partial charge in [0.05, 0.1) is 24.1 Å². The molecule has 3 fully saturated rings. The van der Waals surface area contributed by atoms with Gasteiger partial charge < -0.3 is 15.0 Å². The van der Waals surface area contributed by atoms with E-state index < -0.39 is 0 Å². The zero-order valence-electron chi connectivity index (χ0n) is 29.2. The molecule has 6 aliphatic rings. The SMILES string of the molecule is CCCCCCC[C@@H]1C[C@@H]2CC[C@H]3[C@@H](C(=O)O[C@H](C)CCCCCCC[C@H]4C[C@H]5CC[C@H]6C[C@@H](C)[NH2+]C(=[N+]56)N4)[C@@H](C)N=C(N1)N23.